The van der Waals surface area contributed by atoms with Gasteiger partial charge in [0.25, 0.3) is 0 Å². The number of nitriles is 2. The quantitative estimate of drug-likeness (QED) is 0.0807. The number of hydrogen-bond acceptors (Lipinski definition) is 4. The van der Waals surface area contributed by atoms with Crippen LogP contribution >= 0.6 is 0 Å². The Labute approximate surface area is 401 Å². The standard InChI is InChI=1S/C64H54N4/c1-5-45-13-27-53(28-14-45)67(54-29-15-46(6-2)16-30-54)57-35-21-49(22-36-57)9-11-51-25-39-59-61(41-51)63(43-65)60-40-26-52(42-62(60)64(59)44-66)12-10-50-23-37-58(38-24-50)68(55-31-17-47(7-3)18-32-55)56-33-19-48(8-4)20-34-56/h9-42H,5-8H2,1-4H3. The summed E-state index contributed by atoms with van der Waals surface area (Å²) in [5.74, 6) is 0. The summed E-state index contributed by atoms with van der Waals surface area (Å²) in [6.45, 7) is 8.72. The second-order valence-corrected chi connectivity index (χ2v) is 17.2. The van der Waals surface area contributed by atoms with Gasteiger partial charge in [-0.05, 0) is 155 Å². The van der Waals surface area contributed by atoms with Crippen molar-refractivity contribution in [3.63, 3.8) is 0 Å². The molecule has 0 aliphatic rings. The van der Waals surface area contributed by atoms with Crippen molar-refractivity contribution in [1.29, 1.82) is 10.5 Å². The molecule has 4 nitrogen and oxygen atoms in total. The van der Waals surface area contributed by atoms with Crippen LogP contribution in [0.3, 0.4) is 0 Å². The molecular weight excluding hydrogens is 825 g/mol. The lowest BCUT2D eigenvalue weighted by molar-refractivity contribution is 1.13. The molecule has 9 aromatic carbocycles. The van der Waals surface area contributed by atoms with Crippen LogP contribution in [-0.4, -0.2) is 0 Å². The first kappa shape index (κ1) is 44.7. The number of aryl methyl sites for hydroxylation is 4. The summed E-state index contributed by atoms with van der Waals surface area (Å²) >= 11 is 0. The molecule has 330 valence electrons. The summed E-state index contributed by atoms with van der Waals surface area (Å²) in [5.41, 5.74) is 17.0. The lowest BCUT2D eigenvalue weighted by Gasteiger charge is -2.26. The molecule has 0 spiro atoms. The van der Waals surface area contributed by atoms with Crippen LogP contribution in [-0.2, 0) is 25.7 Å². The van der Waals surface area contributed by atoms with Crippen molar-refractivity contribution in [2.24, 2.45) is 0 Å². The van der Waals surface area contributed by atoms with Gasteiger partial charge in [0, 0.05) is 55.7 Å². The van der Waals surface area contributed by atoms with Gasteiger partial charge < -0.3 is 9.80 Å². The second kappa shape index (κ2) is 20.4. The van der Waals surface area contributed by atoms with Gasteiger partial charge >= 0.3 is 0 Å². The van der Waals surface area contributed by atoms with Crippen LogP contribution in [0.1, 0.15) is 83.3 Å². The number of anilines is 6. The number of fused-ring (bicyclic) bond motifs is 2. The molecule has 0 bridgehead atoms. The minimum Gasteiger partial charge on any atom is -0.311 e. The van der Waals surface area contributed by atoms with Crippen molar-refractivity contribution in [2.45, 2.75) is 53.4 Å². The first-order chi connectivity index (χ1) is 33.4. The monoisotopic (exact) mass is 878 g/mol. The average molecular weight is 879 g/mol. The highest BCUT2D eigenvalue weighted by molar-refractivity contribution is 6.10. The van der Waals surface area contributed by atoms with Gasteiger partial charge in [-0.1, -0.05) is 149 Å². The predicted molar refractivity (Wildman–Crippen MR) is 289 cm³/mol. The summed E-state index contributed by atoms with van der Waals surface area (Å²) in [5, 5.41) is 24.3. The third kappa shape index (κ3) is 9.45. The van der Waals surface area contributed by atoms with E-state index in [0.717, 1.165) is 104 Å². The van der Waals surface area contributed by atoms with Crippen LogP contribution < -0.4 is 9.80 Å². The van der Waals surface area contributed by atoms with Gasteiger partial charge in [0.15, 0.2) is 0 Å². The van der Waals surface area contributed by atoms with Gasteiger partial charge in [-0.2, -0.15) is 10.5 Å². The Balaban J connectivity index is 0.964. The highest BCUT2D eigenvalue weighted by Crippen LogP contribution is 2.38. The molecule has 0 saturated carbocycles. The summed E-state index contributed by atoms with van der Waals surface area (Å²) in [7, 11) is 0. The van der Waals surface area contributed by atoms with Crippen LogP contribution in [0, 0.1) is 22.7 Å². The Morgan fingerprint density at radius 3 is 0.794 bits per heavy atom. The molecule has 0 fully saturated rings. The molecule has 0 heterocycles. The van der Waals surface area contributed by atoms with E-state index in [4.69, 9.17) is 0 Å². The van der Waals surface area contributed by atoms with E-state index in [-0.39, 0.29) is 0 Å². The molecule has 0 N–H and O–H groups in total. The van der Waals surface area contributed by atoms with Gasteiger partial charge in [-0.25, -0.2) is 0 Å². The largest absolute Gasteiger partial charge is 0.311 e. The molecule has 9 rings (SSSR count). The van der Waals surface area contributed by atoms with E-state index in [1.807, 2.05) is 36.4 Å². The highest BCUT2D eigenvalue weighted by atomic mass is 15.1. The summed E-state index contributed by atoms with van der Waals surface area (Å²) < 4.78 is 0. The molecule has 0 radical (unpaired) electrons. The summed E-state index contributed by atoms with van der Waals surface area (Å²) in [6.07, 6.45) is 12.3. The highest BCUT2D eigenvalue weighted by Gasteiger charge is 2.17. The van der Waals surface area contributed by atoms with Crippen molar-refractivity contribution in [3.05, 3.63) is 238 Å². The zero-order chi connectivity index (χ0) is 47.0. The lowest BCUT2D eigenvalue weighted by Crippen LogP contribution is -2.10. The molecule has 0 atom stereocenters. The third-order valence-corrected chi connectivity index (χ3v) is 13.0. The third-order valence-electron chi connectivity index (χ3n) is 13.0. The Morgan fingerprint density at radius 1 is 0.309 bits per heavy atom. The summed E-state index contributed by atoms with van der Waals surface area (Å²) in [6, 6.07) is 69.4. The summed E-state index contributed by atoms with van der Waals surface area (Å²) in [4.78, 5) is 4.59. The molecule has 0 saturated heterocycles. The Kier molecular flexibility index (Phi) is 13.4. The molecular formula is C64H54N4. The number of hydrogen-bond donors (Lipinski definition) is 0. The normalized spacial score (nSPS) is 11.3. The van der Waals surface area contributed by atoms with Gasteiger partial charge in [-0.3, -0.25) is 0 Å². The molecule has 0 amide bonds. The number of rotatable bonds is 14. The molecule has 0 unspecified atom stereocenters. The Morgan fingerprint density at radius 2 is 0.544 bits per heavy atom. The minimum atomic E-state index is 0.567. The SMILES string of the molecule is CCc1ccc(N(c2ccc(C=Cc3ccc4c(C#N)c5cc(C=Cc6ccc(N(c7ccc(CC)cc7)c7ccc(CC)cc7)cc6)ccc5c(C#N)c4c3)cc2)c2ccc(CC)cc2)cc1. The molecule has 0 aromatic heterocycles. The smallest absolute Gasteiger partial charge is 0.100 e. The van der Waals surface area contributed by atoms with E-state index in [1.165, 1.54) is 22.3 Å². The van der Waals surface area contributed by atoms with Crippen molar-refractivity contribution in [3.8, 4) is 12.1 Å². The Bertz CT molecular complexity index is 3020. The van der Waals surface area contributed by atoms with Crippen molar-refractivity contribution >= 4 is 80.0 Å². The maximum Gasteiger partial charge on any atom is 0.100 e. The minimum absolute atomic E-state index is 0.567. The molecule has 68 heavy (non-hydrogen) atoms. The fourth-order valence-electron chi connectivity index (χ4n) is 8.98. The van der Waals surface area contributed by atoms with Crippen molar-refractivity contribution in [1.82, 2.24) is 0 Å². The van der Waals surface area contributed by atoms with Gasteiger partial charge in [0.05, 0.1) is 11.1 Å². The van der Waals surface area contributed by atoms with Gasteiger partial charge in [0.2, 0.25) is 0 Å². The van der Waals surface area contributed by atoms with E-state index in [2.05, 4.69) is 220 Å². The van der Waals surface area contributed by atoms with Crippen LogP contribution in [0.15, 0.2) is 182 Å². The van der Waals surface area contributed by atoms with Crippen LogP contribution in [0.4, 0.5) is 34.1 Å². The maximum atomic E-state index is 10.6. The van der Waals surface area contributed by atoms with Gasteiger partial charge in [0.1, 0.15) is 12.1 Å². The van der Waals surface area contributed by atoms with E-state index < -0.39 is 0 Å². The van der Waals surface area contributed by atoms with Crippen LogP contribution in [0.5, 0.6) is 0 Å². The molecule has 0 aliphatic heterocycles. The zero-order valence-electron chi connectivity index (χ0n) is 39.2. The lowest BCUT2D eigenvalue weighted by atomic mass is 9.90. The van der Waals surface area contributed by atoms with E-state index in [9.17, 15) is 10.5 Å². The van der Waals surface area contributed by atoms with Crippen molar-refractivity contribution in [2.75, 3.05) is 9.80 Å². The molecule has 4 heteroatoms. The van der Waals surface area contributed by atoms with Crippen LogP contribution in [0.2, 0.25) is 0 Å². The Hall–Kier alpha value is -8.44. The van der Waals surface area contributed by atoms with Crippen molar-refractivity contribution < 1.29 is 0 Å². The van der Waals surface area contributed by atoms with Gasteiger partial charge in [-0.15, -0.1) is 0 Å². The fourth-order valence-corrected chi connectivity index (χ4v) is 8.98. The first-order valence-corrected chi connectivity index (χ1v) is 23.8. The van der Waals surface area contributed by atoms with Crippen LogP contribution in [0.25, 0.3) is 45.8 Å². The number of nitrogens with zero attached hydrogens (tertiary/aromatic N) is 4. The van der Waals surface area contributed by atoms with E-state index in [1.54, 1.807) is 0 Å². The van der Waals surface area contributed by atoms with E-state index in [0.29, 0.717) is 11.1 Å². The number of benzene rings is 9. The maximum absolute atomic E-state index is 10.6. The first-order valence-electron chi connectivity index (χ1n) is 23.8. The second-order valence-electron chi connectivity index (χ2n) is 17.2. The fraction of sp³-hybridized carbons (Fsp3) is 0.125. The zero-order valence-corrected chi connectivity index (χ0v) is 39.2. The van der Waals surface area contributed by atoms with E-state index >= 15 is 0 Å². The predicted octanol–water partition coefficient (Wildman–Crippen LogP) is 17.3. The topological polar surface area (TPSA) is 54.1 Å². The average Bonchev–Trinajstić information content (AvgIpc) is 3.40. The molecule has 0 aliphatic carbocycles. The molecule has 9 aromatic rings.